The lowest BCUT2D eigenvalue weighted by atomic mass is 10.0. The third kappa shape index (κ3) is 7.76. The Morgan fingerprint density at radius 1 is 1.16 bits per heavy atom. The summed E-state index contributed by atoms with van der Waals surface area (Å²) < 4.78 is 0. The second-order valence-corrected chi connectivity index (χ2v) is 12.6. The highest BCUT2D eigenvalue weighted by Crippen LogP contribution is 2.21. The van der Waals surface area contributed by atoms with Gasteiger partial charge in [-0.25, -0.2) is 0 Å². The van der Waals surface area contributed by atoms with Gasteiger partial charge in [0, 0.05) is 13.1 Å². The lowest BCUT2D eigenvalue weighted by molar-refractivity contribution is 0.505. The molecule has 0 spiro atoms. The normalized spacial score (nSPS) is 13.5. The van der Waals surface area contributed by atoms with Crippen LogP contribution in [0.5, 0.6) is 0 Å². The van der Waals surface area contributed by atoms with Crippen molar-refractivity contribution in [2.45, 2.75) is 45.5 Å². The molecule has 0 heterocycles. The highest BCUT2D eigenvalue weighted by Gasteiger charge is 2.20. The van der Waals surface area contributed by atoms with Gasteiger partial charge in [0.15, 0.2) is 0 Å². The van der Waals surface area contributed by atoms with E-state index >= 15 is 0 Å². The van der Waals surface area contributed by atoms with Crippen LogP contribution in [-0.4, -0.2) is 21.2 Å². The van der Waals surface area contributed by atoms with Crippen LogP contribution >= 0.6 is 11.6 Å². The van der Waals surface area contributed by atoms with Gasteiger partial charge in [-0.05, 0) is 49.5 Å². The van der Waals surface area contributed by atoms with Crippen molar-refractivity contribution in [3.8, 4) is 0 Å². The largest absolute Gasteiger partial charge is 0.316 e. The fraction of sp³-hybridized carbons (Fsp3) is 0.625. The first kappa shape index (κ1) is 16.7. The Bertz CT molecular complexity index is 356. The number of hydrogen-bond donors (Lipinski definition) is 1. The van der Waals surface area contributed by atoms with E-state index in [1.54, 1.807) is 0 Å². The second-order valence-electron chi connectivity index (χ2n) is 6.67. The van der Waals surface area contributed by atoms with Crippen LogP contribution in [0.1, 0.15) is 18.9 Å². The molecule has 0 amide bonds. The monoisotopic (exact) mass is 297 g/mol. The summed E-state index contributed by atoms with van der Waals surface area (Å²) in [6.45, 7) is 11.9. The van der Waals surface area contributed by atoms with Gasteiger partial charge in [-0.1, -0.05) is 56.3 Å². The number of hydrogen-bond acceptors (Lipinski definition) is 1. The van der Waals surface area contributed by atoms with Crippen molar-refractivity contribution in [2.24, 2.45) is 5.92 Å². The summed E-state index contributed by atoms with van der Waals surface area (Å²) in [4.78, 5) is 0. The van der Waals surface area contributed by atoms with Gasteiger partial charge >= 0.3 is 0 Å². The number of benzene rings is 1. The smallest absolute Gasteiger partial charge is 0.0446 e. The second kappa shape index (κ2) is 8.08. The quantitative estimate of drug-likeness (QED) is 0.535. The van der Waals surface area contributed by atoms with E-state index in [1.165, 1.54) is 18.0 Å². The molecule has 0 saturated heterocycles. The van der Waals surface area contributed by atoms with Crippen LogP contribution in [0.25, 0.3) is 0 Å². The minimum Gasteiger partial charge on any atom is -0.316 e. The van der Waals surface area contributed by atoms with Crippen molar-refractivity contribution in [2.75, 3.05) is 13.1 Å². The van der Waals surface area contributed by atoms with Crippen LogP contribution in [0.4, 0.5) is 0 Å². The van der Waals surface area contributed by atoms with Crippen LogP contribution in [0.2, 0.25) is 30.7 Å². The molecule has 0 aliphatic rings. The van der Waals surface area contributed by atoms with Crippen LogP contribution in [-0.2, 0) is 6.42 Å². The zero-order chi connectivity index (χ0) is 14.3. The molecule has 0 bridgehead atoms. The number of nitrogens with one attached hydrogen (secondary N) is 1. The molecule has 19 heavy (non-hydrogen) atoms. The maximum absolute atomic E-state index is 5.95. The SMILES string of the molecule is CCCNCC(Cc1ccc(Cl)cc1)C[Si](C)(C)C. The molecule has 1 aromatic rings. The summed E-state index contributed by atoms with van der Waals surface area (Å²) in [6.07, 6.45) is 2.37. The summed E-state index contributed by atoms with van der Waals surface area (Å²) in [7, 11) is -1.01. The zero-order valence-corrected chi connectivity index (χ0v) is 14.6. The fourth-order valence-electron chi connectivity index (χ4n) is 2.52. The molecular weight excluding hydrogens is 270 g/mol. The minimum atomic E-state index is -1.01. The third-order valence-electron chi connectivity index (χ3n) is 3.20. The maximum Gasteiger partial charge on any atom is 0.0446 e. The van der Waals surface area contributed by atoms with Crippen molar-refractivity contribution in [1.29, 1.82) is 0 Å². The van der Waals surface area contributed by atoms with Crippen molar-refractivity contribution in [3.63, 3.8) is 0 Å². The van der Waals surface area contributed by atoms with Gasteiger partial charge in [-0.15, -0.1) is 0 Å². The Hall–Kier alpha value is -0.313. The lowest BCUT2D eigenvalue weighted by Gasteiger charge is -2.25. The molecule has 3 heteroatoms. The first-order chi connectivity index (χ1) is 8.90. The molecule has 1 aromatic carbocycles. The summed E-state index contributed by atoms with van der Waals surface area (Å²) in [5.74, 6) is 0.749. The van der Waals surface area contributed by atoms with Crippen molar-refractivity contribution < 1.29 is 0 Å². The topological polar surface area (TPSA) is 12.0 Å². The molecular formula is C16H28ClNSi. The first-order valence-electron chi connectivity index (χ1n) is 7.36. The summed E-state index contributed by atoms with van der Waals surface area (Å²) in [5, 5.41) is 4.41. The van der Waals surface area contributed by atoms with Crippen molar-refractivity contribution >= 4 is 19.7 Å². The Labute approximate surface area is 124 Å². The summed E-state index contributed by atoms with van der Waals surface area (Å²) in [5.41, 5.74) is 1.41. The average Bonchev–Trinajstić information content (AvgIpc) is 2.30. The third-order valence-corrected chi connectivity index (χ3v) is 5.25. The number of halogens is 1. The van der Waals surface area contributed by atoms with E-state index in [-0.39, 0.29) is 0 Å². The lowest BCUT2D eigenvalue weighted by Crippen LogP contribution is -2.32. The van der Waals surface area contributed by atoms with Gasteiger partial charge in [0.1, 0.15) is 0 Å². The minimum absolute atomic E-state index is 0.749. The van der Waals surface area contributed by atoms with Crippen molar-refractivity contribution in [1.82, 2.24) is 5.32 Å². The molecule has 0 saturated carbocycles. The van der Waals surface area contributed by atoms with E-state index in [0.717, 1.165) is 30.5 Å². The molecule has 1 rings (SSSR count). The van der Waals surface area contributed by atoms with Gasteiger partial charge in [0.2, 0.25) is 0 Å². The zero-order valence-electron chi connectivity index (χ0n) is 12.8. The molecule has 1 atom stereocenters. The molecule has 1 nitrogen and oxygen atoms in total. The van der Waals surface area contributed by atoms with E-state index in [2.05, 4.69) is 44.0 Å². The van der Waals surface area contributed by atoms with E-state index < -0.39 is 8.07 Å². The Kier molecular flexibility index (Phi) is 7.12. The highest BCUT2D eigenvalue weighted by atomic mass is 35.5. The van der Waals surface area contributed by atoms with Gasteiger partial charge in [0.05, 0.1) is 0 Å². The molecule has 1 unspecified atom stereocenters. The Morgan fingerprint density at radius 2 is 1.79 bits per heavy atom. The summed E-state index contributed by atoms with van der Waals surface area (Å²) >= 11 is 5.95. The molecule has 0 fully saturated rings. The molecule has 0 radical (unpaired) electrons. The van der Waals surface area contributed by atoms with Crippen LogP contribution < -0.4 is 5.32 Å². The average molecular weight is 298 g/mol. The molecule has 1 N–H and O–H groups in total. The fourth-order valence-corrected chi connectivity index (χ4v) is 4.67. The Balaban J connectivity index is 2.59. The molecule has 0 aliphatic carbocycles. The maximum atomic E-state index is 5.95. The van der Waals surface area contributed by atoms with Gasteiger partial charge < -0.3 is 5.32 Å². The predicted octanol–water partition coefficient (Wildman–Crippen LogP) is 4.84. The van der Waals surface area contributed by atoms with Crippen LogP contribution in [0, 0.1) is 5.92 Å². The number of rotatable bonds is 8. The summed E-state index contributed by atoms with van der Waals surface area (Å²) in [6, 6.07) is 9.72. The van der Waals surface area contributed by atoms with E-state index in [0.29, 0.717) is 0 Å². The standard InChI is InChI=1S/C16H28ClNSi/c1-5-10-18-12-15(13-19(2,3)4)11-14-6-8-16(17)9-7-14/h6-9,15,18H,5,10-13H2,1-4H3. The Morgan fingerprint density at radius 3 is 2.32 bits per heavy atom. The van der Waals surface area contributed by atoms with Gasteiger partial charge in [0.25, 0.3) is 0 Å². The predicted molar refractivity (Wildman–Crippen MR) is 90.0 cm³/mol. The van der Waals surface area contributed by atoms with E-state index in [9.17, 15) is 0 Å². The molecule has 0 aliphatic heterocycles. The molecule has 108 valence electrons. The van der Waals surface area contributed by atoms with Crippen LogP contribution in [0.3, 0.4) is 0 Å². The molecule has 0 aromatic heterocycles. The van der Waals surface area contributed by atoms with Gasteiger partial charge in [-0.3, -0.25) is 0 Å². The highest BCUT2D eigenvalue weighted by molar-refractivity contribution is 6.76. The van der Waals surface area contributed by atoms with E-state index in [4.69, 9.17) is 11.6 Å². The first-order valence-corrected chi connectivity index (χ1v) is 11.4. The van der Waals surface area contributed by atoms with Crippen LogP contribution in [0.15, 0.2) is 24.3 Å². The van der Waals surface area contributed by atoms with E-state index in [1.807, 2.05) is 12.1 Å². The van der Waals surface area contributed by atoms with Gasteiger partial charge in [-0.2, -0.15) is 0 Å². The van der Waals surface area contributed by atoms with Crippen molar-refractivity contribution in [3.05, 3.63) is 34.9 Å².